The van der Waals surface area contributed by atoms with Crippen molar-refractivity contribution in [3.05, 3.63) is 32.5 Å². The monoisotopic (exact) mass is 440 g/mol. The second-order valence-corrected chi connectivity index (χ2v) is 7.50. The lowest BCUT2D eigenvalue weighted by Gasteiger charge is -2.35. The zero-order valence-corrected chi connectivity index (χ0v) is 17.6. The van der Waals surface area contributed by atoms with E-state index in [1.807, 2.05) is 6.92 Å². The maximum Gasteiger partial charge on any atom is 0.262 e. The van der Waals surface area contributed by atoms with Crippen molar-refractivity contribution >= 4 is 26.8 Å². The Morgan fingerprint density at radius 2 is 2.07 bits per heavy atom. The van der Waals surface area contributed by atoms with Crippen molar-refractivity contribution < 1.29 is 9.13 Å². The van der Waals surface area contributed by atoms with E-state index in [9.17, 15) is 9.18 Å². The van der Waals surface area contributed by atoms with Crippen LogP contribution in [-0.4, -0.2) is 47.7 Å². The second-order valence-electron chi connectivity index (χ2n) is 6.71. The number of rotatable bonds is 6. The third-order valence-electron chi connectivity index (χ3n) is 5.11. The summed E-state index contributed by atoms with van der Waals surface area (Å²) in [6.07, 6.45) is 1.83. The molecule has 1 atom stereocenters. The molecule has 0 aliphatic carbocycles. The molecule has 0 radical (unpaired) electrons. The third-order valence-corrected chi connectivity index (χ3v) is 5.89. The molecule has 1 aliphatic heterocycles. The van der Waals surface area contributed by atoms with Crippen molar-refractivity contribution in [1.82, 2.24) is 19.8 Å². The molecule has 1 saturated heterocycles. The van der Waals surface area contributed by atoms with Gasteiger partial charge in [-0.1, -0.05) is 13.3 Å². The smallest absolute Gasteiger partial charge is 0.262 e. The van der Waals surface area contributed by atoms with Crippen molar-refractivity contribution in [3.63, 3.8) is 0 Å². The Morgan fingerprint density at radius 3 is 2.67 bits per heavy atom. The molecule has 8 heteroatoms. The molecular weight excluding hydrogens is 415 g/mol. The van der Waals surface area contributed by atoms with Crippen LogP contribution in [0.5, 0.6) is 5.75 Å². The molecule has 2 aromatic rings. The van der Waals surface area contributed by atoms with Crippen LogP contribution in [0.3, 0.4) is 0 Å². The van der Waals surface area contributed by atoms with Gasteiger partial charge in [-0.3, -0.25) is 14.3 Å². The van der Waals surface area contributed by atoms with Crippen molar-refractivity contribution in [3.8, 4) is 5.75 Å². The van der Waals surface area contributed by atoms with Crippen LogP contribution >= 0.6 is 15.9 Å². The fourth-order valence-corrected chi connectivity index (χ4v) is 4.40. The lowest BCUT2D eigenvalue weighted by Crippen LogP contribution is -2.46. The molecule has 2 heterocycles. The number of halogens is 2. The van der Waals surface area contributed by atoms with Gasteiger partial charge in [-0.05, 0) is 29.3 Å². The van der Waals surface area contributed by atoms with E-state index in [-0.39, 0.29) is 22.5 Å². The molecule has 1 aliphatic rings. The van der Waals surface area contributed by atoms with Crippen molar-refractivity contribution in [2.24, 2.45) is 0 Å². The van der Waals surface area contributed by atoms with Gasteiger partial charge in [0.15, 0.2) is 5.82 Å². The van der Waals surface area contributed by atoms with Gasteiger partial charge in [-0.15, -0.1) is 0 Å². The Kier molecular flexibility index (Phi) is 6.49. The first kappa shape index (κ1) is 20.2. The first-order chi connectivity index (χ1) is 13.0. The molecule has 0 spiro atoms. The molecule has 148 valence electrons. The standard InChI is InChI=1S/C19H26BrFN4O2/c1-4-6-13(24-9-7-22-8-10-24)18-23-17-12(21)11-14(27-3)16(20)15(17)19(26)25(18)5-2/h11,13,22H,4-10H2,1-3H3/t13-/m1/s1. The number of hydrogen-bond acceptors (Lipinski definition) is 5. The van der Waals surface area contributed by atoms with Crippen LogP contribution in [0.4, 0.5) is 4.39 Å². The van der Waals surface area contributed by atoms with E-state index >= 15 is 0 Å². The molecule has 6 nitrogen and oxygen atoms in total. The summed E-state index contributed by atoms with van der Waals surface area (Å²) in [5, 5.41) is 3.58. The number of nitrogens with zero attached hydrogens (tertiary/aromatic N) is 3. The molecule has 0 bridgehead atoms. The maximum atomic E-state index is 14.8. The topological polar surface area (TPSA) is 59.4 Å². The van der Waals surface area contributed by atoms with Crippen LogP contribution in [0.1, 0.15) is 38.6 Å². The normalized spacial score (nSPS) is 16.6. The largest absolute Gasteiger partial charge is 0.495 e. The SMILES string of the molecule is CCC[C@H](c1nc2c(F)cc(OC)c(Br)c2c(=O)n1CC)N1CCNCC1. The summed E-state index contributed by atoms with van der Waals surface area (Å²) in [6, 6.07) is 1.27. The summed E-state index contributed by atoms with van der Waals surface area (Å²) in [5.41, 5.74) is -0.137. The predicted octanol–water partition coefficient (Wildman–Crippen LogP) is 3.07. The van der Waals surface area contributed by atoms with Crippen LogP contribution in [0.15, 0.2) is 15.3 Å². The minimum atomic E-state index is -0.540. The van der Waals surface area contributed by atoms with Crippen LogP contribution in [0.2, 0.25) is 0 Å². The Labute approximate surface area is 166 Å². The highest BCUT2D eigenvalue weighted by Gasteiger charge is 2.28. The maximum absolute atomic E-state index is 14.8. The Bertz CT molecular complexity index is 880. The summed E-state index contributed by atoms with van der Waals surface area (Å²) in [6.45, 7) is 8.10. The van der Waals surface area contributed by atoms with Crippen LogP contribution in [-0.2, 0) is 6.54 Å². The van der Waals surface area contributed by atoms with E-state index in [1.54, 1.807) is 4.57 Å². The first-order valence-electron chi connectivity index (χ1n) is 9.44. The van der Waals surface area contributed by atoms with E-state index in [4.69, 9.17) is 4.74 Å². The summed E-state index contributed by atoms with van der Waals surface area (Å²) in [7, 11) is 1.45. The Balaban J connectivity index is 2.25. The van der Waals surface area contributed by atoms with Gasteiger partial charge in [-0.25, -0.2) is 9.37 Å². The van der Waals surface area contributed by atoms with Crippen molar-refractivity contribution in [2.75, 3.05) is 33.3 Å². The average molecular weight is 441 g/mol. The summed E-state index contributed by atoms with van der Waals surface area (Å²) < 4.78 is 22.1. The zero-order chi connectivity index (χ0) is 19.6. The quantitative estimate of drug-likeness (QED) is 0.747. The fraction of sp³-hybridized carbons (Fsp3) is 0.579. The number of nitrogens with one attached hydrogen (secondary N) is 1. The molecule has 0 saturated carbocycles. The predicted molar refractivity (Wildman–Crippen MR) is 108 cm³/mol. The highest BCUT2D eigenvalue weighted by molar-refractivity contribution is 9.10. The van der Waals surface area contributed by atoms with Crippen molar-refractivity contribution in [2.45, 2.75) is 39.3 Å². The van der Waals surface area contributed by atoms with Crippen molar-refractivity contribution in [1.29, 1.82) is 0 Å². The lowest BCUT2D eigenvalue weighted by atomic mass is 10.1. The van der Waals surface area contributed by atoms with Gasteiger partial charge in [-0.2, -0.15) is 0 Å². The summed E-state index contributed by atoms with van der Waals surface area (Å²) in [5.74, 6) is 0.401. The zero-order valence-electron chi connectivity index (χ0n) is 16.0. The number of hydrogen-bond donors (Lipinski definition) is 1. The van der Waals surface area contributed by atoms with E-state index in [0.29, 0.717) is 22.6 Å². The number of aromatic nitrogens is 2. The summed E-state index contributed by atoms with van der Waals surface area (Å²) in [4.78, 5) is 20.3. The van der Waals surface area contributed by atoms with Gasteiger partial charge in [0.1, 0.15) is 17.1 Å². The van der Waals surface area contributed by atoms with E-state index in [0.717, 1.165) is 39.0 Å². The minimum absolute atomic E-state index is 0.00516. The third kappa shape index (κ3) is 3.75. The Hall–Kier alpha value is -1.51. The molecule has 1 aromatic carbocycles. The molecule has 0 amide bonds. The lowest BCUT2D eigenvalue weighted by molar-refractivity contribution is 0.154. The molecule has 1 aromatic heterocycles. The summed E-state index contributed by atoms with van der Waals surface area (Å²) >= 11 is 3.40. The molecule has 1 N–H and O–H groups in total. The number of fused-ring (bicyclic) bond motifs is 1. The number of methoxy groups -OCH3 is 1. The molecular formula is C19H26BrFN4O2. The van der Waals surface area contributed by atoms with Gasteiger partial charge in [0.05, 0.1) is 23.0 Å². The fourth-order valence-electron chi connectivity index (χ4n) is 3.76. The molecule has 0 unspecified atom stereocenters. The Morgan fingerprint density at radius 1 is 1.37 bits per heavy atom. The average Bonchev–Trinajstić information content (AvgIpc) is 2.69. The molecule has 3 rings (SSSR count). The first-order valence-corrected chi connectivity index (χ1v) is 10.2. The van der Waals surface area contributed by atoms with E-state index < -0.39 is 5.82 Å². The van der Waals surface area contributed by atoms with Crippen LogP contribution in [0.25, 0.3) is 10.9 Å². The van der Waals surface area contributed by atoms with Gasteiger partial charge >= 0.3 is 0 Å². The highest BCUT2D eigenvalue weighted by Crippen LogP contribution is 2.34. The van der Waals surface area contributed by atoms with E-state index in [2.05, 4.69) is 38.1 Å². The van der Waals surface area contributed by atoms with Gasteiger partial charge < -0.3 is 10.1 Å². The number of benzene rings is 1. The molecule has 27 heavy (non-hydrogen) atoms. The highest BCUT2D eigenvalue weighted by atomic mass is 79.9. The van der Waals surface area contributed by atoms with Gasteiger partial charge in [0.2, 0.25) is 0 Å². The minimum Gasteiger partial charge on any atom is -0.495 e. The van der Waals surface area contributed by atoms with E-state index in [1.165, 1.54) is 13.2 Å². The number of piperazine rings is 1. The van der Waals surface area contributed by atoms with Gasteiger partial charge in [0.25, 0.3) is 5.56 Å². The second kappa shape index (κ2) is 8.67. The van der Waals surface area contributed by atoms with Crippen LogP contribution in [0, 0.1) is 5.82 Å². The van der Waals surface area contributed by atoms with Crippen LogP contribution < -0.4 is 15.6 Å². The molecule has 1 fully saturated rings. The van der Waals surface area contributed by atoms with Gasteiger partial charge in [0, 0.05) is 38.8 Å². The number of ether oxygens (including phenoxy) is 1.